The SMILES string of the molecule is CC(=O)CCN1C(=O)OCC1C(C)C. The number of nitrogens with zero attached hydrogens (tertiary/aromatic N) is 1. The highest BCUT2D eigenvalue weighted by Gasteiger charge is 2.34. The Morgan fingerprint density at radius 2 is 2.29 bits per heavy atom. The van der Waals surface area contributed by atoms with E-state index in [1.54, 1.807) is 4.90 Å². The molecule has 1 unspecified atom stereocenters. The van der Waals surface area contributed by atoms with Crippen molar-refractivity contribution >= 4 is 11.9 Å². The van der Waals surface area contributed by atoms with Crippen LogP contribution >= 0.6 is 0 Å². The van der Waals surface area contributed by atoms with Crippen LogP contribution in [-0.4, -0.2) is 36.0 Å². The molecule has 0 aromatic heterocycles. The van der Waals surface area contributed by atoms with Gasteiger partial charge in [-0.05, 0) is 12.8 Å². The number of ether oxygens (including phenoxy) is 1. The zero-order valence-electron chi connectivity index (χ0n) is 8.95. The van der Waals surface area contributed by atoms with E-state index in [0.29, 0.717) is 25.5 Å². The third kappa shape index (κ3) is 2.47. The van der Waals surface area contributed by atoms with E-state index >= 15 is 0 Å². The van der Waals surface area contributed by atoms with E-state index in [1.807, 2.05) is 13.8 Å². The van der Waals surface area contributed by atoms with Gasteiger partial charge in [0.15, 0.2) is 0 Å². The lowest BCUT2D eigenvalue weighted by atomic mass is 10.0. The van der Waals surface area contributed by atoms with Crippen molar-refractivity contribution in [2.24, 2.45) is 5.92 Å². The minimum atomic E-state index is -0.287. The molecule has 80 valence electrons. The highest BCUT2D eigenvalue weighted by atomic mass is 16.6. The molecule has 1 aliphatic rings. The Kier molecular flexibility index (Phi) is 3.49. The van der Waals surface area contributed by atoms with Crippen LogP contribution in [0.3, 0.4) is 0 Å². The number of carbonyl (C=O) groups excluding carboxylic acids is 2. The first kappa shape index (κ1) is 11.0. The minimum Gasteiger partial charge on any atom is -0.447 e. The maximum atomic E-state index is 11.3. The maximum absolute atomic E-state index is 11.3. The summed E-state index contributed by atoms with van der Waals surface area (Å²) in [5, 5.41) is 0. The van der Waals surface area contributed by atoms with Gasteiger partial charge in [0, 0.05) is 13.0 Å². The molecule has 1 fully saturated rings. The molecular formula is C10H17NO3. The van der Waals surface area contributed by atoms with Crippen molar-refractivity contribution in [1.82, 2.24) is 4.90 Å². The van der Waals surface area contributed by atoms with Gasteiger partial charge in [0.25, 0.3) is 0 Å². The van der Waals surface area contributed by atoms with Gasteiger partial charge in [-0.15, -0.1) is 0 Å². The summed E-state index contributed by atoms with van der Waals surface area (Å²) >= 11 is 0. The third-order valence-corrected chi connectivity index (χ3v) is 2.49. The summed E-state index contributed by atoms with van der Waals surface area (Å²) in [5.74, 6) is 0.473. The molecule has 0 aliphatic carbocycles. The van der Waals surface area contributed by atoms with Gasteiger partial charge in [0.1, 0.15) is 12.4 Å². The van der Waals surface area contributed by atoms with Crippen molar-refractivity contribution in [2.75, 3.05) is 13.2 Å². The quantitative estimate of drug-likeness (QED) is 0.688. The number of cyclic esters (lactones) is 1. The zero-order valence-corrected chi connectivity index (χ0v) is 8.95. The summed E-state index contributed by atoms with van der Waals surface area (Å²) in [6.07, 6.45) is 0.128. The van der Waals surface area contributed by atoms with Gasteiger partial charge in [0.2, 0.25) is 0 Å². The predicted octanol–water partition coefficient (Wildman–Crippen LogP) is 1.44. The Bertz CT molecular complexity index is 238. The molecule has 1 amide bonds. The van der Waals surface area contributed by atoms with E-state index < -0.39 is 0 Å². The van der Waals surface area contributed by atoms with E-state index in [1.165, 1.54) is 6.92 Å². The molecule has 14 heavy (non-hydrogen) atoms. The average molecular weight is 199 g/mol. The normalized spacial score (nSPS) is 21.6. The van der Waals surface area contributed by atoms with Crippen LogP contribution in [0.15, 0.2) is 0 Å². The first-order valence-corrected chi connectivity index (χ1v) is 4.95. The first-order valence-electron chi connectivity index (χ1n) is 4.95. The lowest BCUT2D eigenvalue weighted by Crippen LogP contribution is -2.38. The zero-order chi connectivity index (χ0) is 10.7. The number of hydrogen-bond donors (Lipinski definition) is 0. The van der Waals surface area contributed by atoms with Gasteiger partial charge in [-0.25, -0.2) is 4.79 Å². The molecule has 1 atom stereocenters. The smallest absolute Gasteiger partial charge is 0.410 e. The number of ketones is 1. The van der Waals surface area contributed by atoms with Gasteiger partial charge >= 0.3 is 6.09 Å². The average Bonchev–Trinajstić information content (AvgIpc) is 2.43. The summed E-state index contributed by atoms with van der Waals surface area (Å²) in [4.78, 5) is 23.8. The fraction of sp³-hybridized carbons (Fsp3) is 0.800. The first-order chi connectivity index (χ1) is 6.52. The second-order valence-electron chi connectivity index (χ2n) is 4.03. The Balaban J connectivity index is 2.53. The largest absolute Gasteiger partial charge is 0.447 e. The van der Waals surface area contributed by atoms with Crippen LogP contribution in [0.1, 0.15) is 27.2 Å². The van der Waals surface area contributed by atoms with Crippen LogP contribution in [0.25, 0.3) is 0 Å². The summed E-state index contributed by atoms with van der Waals surface area (Å²) in [6.45, 7) is 6.57. The van der Waals surface area contributed by atoms with Gasteiger partial charge < -0.3 is 9.64 Å². The fourth-order valence-corrected chi connectivity index (χ4v) is 1.55. The number of amides is 1. The monoisotopic (exact) mass is 199 g/mol. The molecule has 0 N–H and O–H groups in total. The Hall–Kier alpha value is -1.06. The van der Waals surface area contributed by atoms with E-state index in [2.05, 4.69) is 0 Å². The van der Waals surface area contributed by atoms with Crippen molar-refractivity contribution in [3.63, 3.8) is 0 Å². The Labute approximate surface area is 84.2 Å². The van der Waals surface area contributed by atoms with E-state index in [0.717, 1.165) is 0 Å². The molecule has 0 spiro atoms. The molecule has 0 aromatic carbocycles. The number of hydrogen-bond acceptors (Lipinski definition) is 3. The van der Waals surface area contributed by atoms with Crippen LogP contribution in [0.4, 0.5) is 4.79 Å². The topological polar surface area (TPSA) is 46.6 Å². The van der Waals surface area contributed by atoms with E-state index in [4.69, 9.17) is 4.74 Å². The van der Waals surface area contributed by atoms with Crippen LogP contribution in [0.5, 0.6) is 0 Å². The van der Waals surface area contributed by atoms with Gasteiger partial charge in [-0.1, -0.05) is 13.8 Å². The van der Waals surface area contributed by atoms with Gasteiger partial charge in [0.05, 0.1) is 6.04 Å². The molecule has 1 heterocycles. The Morgan fingerprint density at radius 1 is 1.64 bits per heavy atom. The molecule has 0 saturated carbocycles. The highest BCUT2D eigenvalue weighted by Crippen LogP contribution is 2.19. The summed E-state index contributed by atoms with van der Waals surface area (Å²) in [7, 11) is 0. The van der Waals surface area contributed by atoms with Crippen molar-refractivity contribution in [2.45, 2.75) is 33.2 Å². The molecule has 1 aliphatic heterocycles. The minimum absolute atomic E-state index is 0.104. The third-order valence-electron chi connectivity index (χ3n) is 2.49. The molecule has 4 nitrogen and oxygen atoms in total. The summed E-state index contributed by atoms with van der Waals surface area (Å²) < 4.78 is 4.95. The van der Waals surface area contributed by atoms with E-state index in [-0.39, 0.29) is 17.9 Å². The number of rotatable bonds is 4. The second-order valence-corrected chi connectivity index (χ2v) is 4.03. The van der Waals surface area contributed by atoms with Crippen molar-refractivity contribution < 1.29 is 14.3 Å². The fourth-order valence-electron chi connectivity index (χ4n) is 1.55. The van der Waals surface area contributed by atoms with Crippen molar-refractivity contribution in [3.8, 4) is 0 Å². The van der Waals surface area contributed by atoms with Gasteiger partial charge in [-0.2, -0.15) is 0 Å². The standard InChI is InChI=1S/C10H17NO3/c1-7(2)9-6-14-10(13)11(9)5-4-8(3)12/h7,9H,4-6H2,1-3H3. The number of carbonyl (C=O) groups is 2. The van der Waals surface area contributed by atoms with Crippen LogP contribution < -0.4 is 0 Å². The molecule has 1 saturated heterocycles. The lowest BCUT2D eigenvalue weighted by molar-refractivity contribution is -0.117. The predicted molar refractivity (Wildman–Crippen MR) is 52.0 cm³/mol. The maximum Gasteiger partial charge on any atom is 0.410 e. The molecule has 1 rings (SSSR count). The van der Waals surface area contributed by atoms with Crippen molar-refractivity contribution in [3.05, 3.63) is 0 Å². The Morgan fingerprint density at radius 3 is 2.79 bits per heavy atom. The molecule has 0 aromatic rings. The second kappa shape index (κ2) is 4.44. The summed E-state index contributed by atoms with van der Waals surface area (Å²) in [5.41, 5.74) is 0. The highest BCUT2D eigenvalue weighted by molar-refractivity contribution is 5.77. The molecule has 0 bridgehead atoms. The van der Waals surface area contributed by atoms with Gasteiger partial charge in [-0.3, -0.25) is 4.79 Å². The van der Waals surface area contributed by atoms with Crippen LogP contribution in [0.2, 0.25) is 0 Å². The van der Waals surface area contributed by atoms with E-state index in [9.17, 15) is 9.59 Å². The molecule has 0 radical (unpaired) electrons. The van der Waals surface area contributed by atoms with Crippen LogP contribution in [0, 0.1) is 5.92 Å². The molecular weight excluding hydrogens is 182 g/mol. The van der Waals surface area contributed by atoms with Crippen LogP contribution in [-0.2, 0) is 9.53 Å². The number of Topliss-reactive ketones (excluding diaryl/α,β-unsaturated/α-hetero) is 1. The lowest BCUT2D eigenvalue weighted by Gasteiger charge is -2.23. The molecule has 4 heteroatoms. The summed E-state index contributed by atoms with van der Waals surface area (Å²) in [6, 6.07) is 0.127. The van der Waals surface area contributed by atoms with Crippen molar-refractivity contribution in [1.29, 1.82) is 0 Å².